The van der Waals surface area contributed by atoms with Gasteiger partial charge in [0.25, 0.3) is 0 Å². The van der Waals surface area contributed by atoms with Gasteiger partial charge < -0.3 is 4.74 Å². The first-order chi connectivity index (χ1) is 7.77. The molecule has 0 N–H and O–H groups in total. The topological polar surface area (TPSA) is 26.3 Å². The van der Waals surface area contributed by atoms with Crippen molar-refractivity contribution in [3.63, 3.8) is 0 Å². The summed E-state index contributed by atoms with van der Waals surface area (Å²) in [6.45, 7) is 1.43. The maximum Gasteiger partial charge on any atom is 0.303 e. The second-order valence-corrected chi connectivity index (χ2v) is 4.24. The molecule has 0 radical (unpaired) electrons. The lowest BCUT2D eigenvalue weighted by Gasteiger charge is -2.16. The molecule has 1 aromatic carbocycles. The van der Waals surface area contributed by atoms with Gasteiger partial charge in [-0.2, -0.15) is 11.3 Å². The Kier molecular flexibility index (Phi) is 3.37. The summed E-state index contributed by atoms with van der Waals surface area (Å²) in [5.74, 6) is -0.264. The van der Waals surface area contributed by atoms with Gasteiger partial charge in [0.1, 0.15) is 0 Å². The van der Waals surface area contributed by atoms with E-state index in [9.17, 15) is 4.79 Å². The highest BCUT2D eigenvalue weighted by atomic mass is 32.1. The molecular formula is C13H12O2S. The fourth-order valence-corrected chi connectivity index (χ4v) is 2.22. The minimum Gasteiger partial charge on any atom is -0.453 e. The van der Waals surface area contributed by atoms with Crippen molar-refractivity contribution >= 4 is 17.3 Å². The average molecular weight is 232 g/mol. The van der Waals surface area contributed by atoms with Crippen LogP contribution in [0.1, 0.15) is 24.2 Å². The minimum atomic E-state index is -0.287. The fourth-order valence-electron chi connectivity index (χ4n) is 1.55. The summed E-state index contributed by atoms with van der Waals surface area (Å²) in [5.41, 5.74) is 2.02. The SMILES string of the molecule is CC(=O)OC(c1ccccc1)c1ccsc1. The molecular weight excluding hydrogens is 220 g/mol. The van der Waals surface area contributed by atoms with E-state index in [0.717, 1.165) is 11.1 Å². The number of rotatable bonds is 3. The van der Waals surface area contributed by atoms with Gasteiger partial charge >= 0.3 is 5.97 Å². The van der Waals surface area contributed by atoms with Crippen molar-refractivity contribution in [2.24, 2.45) is 0 Å². The summed E-state index contributed by atoms with van der Waals surface area (Å²) < 4.78 is 5.35. The summed E-state index contributed by atoms with van der Waals surface area (Å²) in [4.78, 5) is 11.1. The van der Waals surface area contributed by atoms with E-state index >= 15 is 0 Å². The van der Waals surface area contributed by atoms with Crippen LogP contribution in [0.15, 0.2) is 47.2 Å². The van der Waals surface area contributed by atoms with Crippen LogP contribution in [0.5, 0.6) is 0 Å². The van der Waals surface area contributed by atoms with E-state index in [1.807, 2.05) is 47.2 Å². The lowest BCUT2D eigenvalue weighted by molar-refractivity contribution is -0.144. The van der Waals surface area contributed by atoms with E-state index in [1.165, 1.54) is 6.92 Å². The van der Waals surface area contributed by atoms with Crippen LogP contribution in [0, 0.1) is 0 Å². The number of carbonyl (C=O) groups excluding carboxylic acids is 1. The molecule has 0 aliphatic rings. The van der Waals surface area contributed by atoms with Gasteiger partial charge in [-0.15, -0.1) is 0 Å². The third-order valence-corrected chi connectivity index (χ3v) is 2.93. The van der Waals surface area contributed by atoms with Gasteiger partial charge in [-0.3, -0.25) is 4.79 Å². The zero-order valence-corrected chi connectivity index (χ0v) is 9.74. The summed E-state index contributed by atoms with van der Waals surface area (Å²) in [6.07, 6.45) is -0.287. The summed E-state index contributed by atoms with van der Waals surface area (Å²) in [5, 5.41) is 3.98. The number of hydrogen-bond donors (Lipinski definition) is 0. The number of esters is 1. The van der Waals surface area contributed by atoms with Crippen molar-refractivity contribution in [2.45, 2.75) is 13.0 Å². The Morgan fingerprint density at radius 3 is 2.50 bits per heavy atom. The van der Waals surface area contributed by atoms with Crippen molar-refractivity contribution in [3.05, 3.63) is 58.3 Å². The molecule has 0 spiro atoms. The second kappa shape index (κ2) is 4.94. The molecule has 1 unspecified atom stereocenters. The molecule has 1 atom stereocenters. The van der Waals surface area contributed by atoms with Gasteiger partial charge in [0.2, 0.25) is 0 Å². The van der Waals surface area contributed by atoms with E-state index in [2.05, 4.69) is 0 Å². The van der Waals surface area contributed by atoms with Crippen LogP contribution in [0.2, 0.25) is 0 Å². The summed E-state index contributed by atoms with van der Waals surface area (Å²) in [6, 6.07) is 11.7. The molecule has 82 valence electrons. The molecule has 0 saturated heterocycles. The van der Waals surface area contributed by atoms with Crippen LogP contribution >= 0.6 is 11.3 Å². The highest BCUT2D eigenvalue weighted by Crippen LogP contribution is 2.27. The van der Waals surface area contributed by atoms with E-state index in [4.69, 9.17) is 4.74 Å². The zero-order valence-electron chi connectivity index (χ0n) is 8.92. The predicted molar refractivity (Wildman–Crippen MR) is 64.4 cm³/mol. The molecule has 2 nitrogen and oxygen atoms in total. The average Bonchev–Trinajstić information content (AvgIpc) is 2.80. The van der Waals surface area contributed by atoms with Gasteiger partial charge in [-0.1, -0.05) is 30.3 Å². The fraction of sp³-hybridized carbons (Fsp3) is 0.154. The Labute approximate surface area is 98.5 Å². The first-order valence-electron chi connectivity index (χ1n) is 5.01. The van der Waals surface area contributed by atoms with Gasteiger partial charge in [-0.05, 0) is 22.4 Å². The maximum atomic E-state index is 11.1. The molecule has 3 heteroatoms. The molecule has 16 heavy (non-hydrogen) atoms. The Hall–Kier alpha value is -1.61. The van der Waals surface area contributed by atoms with Crippen LogP contribution < -0.4 is 0 Å². The van der Waals surface area contributed by atoms with Crippen LogP contribution in [-0.2, 0) is 9.53 Å². The largest absolute Gasteiger partial charge is 0.453 e. The molecule has 0 saturated carbocycles. The summed E-state index contributed by atoms with van der Waals surface area (Å²) in [7, 11) is 0. The first-order valence-corrected chi connectivity index (χ1v) is 5.96. The zero-order chi connectivity index (χ0) is 11.4. The Balaban J connectivity index is 2.32. The third kappa shape index (κ3) is 2.49. The quantitative estimate of drug-likeness (QED) is 0.758. The maximum absolute atomic E-state index is 11.1. The van der Waals surface area contributed by atoms with Crippen molar-refractivity contribution in [2.75, 3.05) is 0 Å². The molecule has 1 heterocycles. The molecule has 0 aliphatic heterocycles. The van der Waals surface area contributed by atoms with Crippen molar-refractivity contribution in [3.8, 4) is 0 Å². The normalized spacial score (nSPS) is 12.1. The number of ether oxygens (including phenoxy) is 1. The Morgan fingerprint density at radius 2 is 1.94 bits per heavy atom. The molecule has 2 rings (SSSR count). The van der Waals surface area contributed by atoms with Crippen LogP contribution in [-0.4, -0.2) is 5.97 Å². The van der Waals surface area contributed by atoms with E-state index in [1.54, 1.807) is 11.3 Å². The van der Waals surface area contributed by atoms with Crippen molar-refractivity contribution < 1.29 is 9.53 Å². The standard InChI is InChI=1S/C13H12O2S/c1-10(14)15-13(12-7-8-16-9-12)11-5-3-2-4-6-11/h2-9,13H,1H3. The van der Waals surface area contributed by atoms with E-state index < -0.39 is 0 Å². The molecule has 0 aliphatic carbocycles. The predicted octanol–water partition coefficient (Wildman–Crippen LogP) is 3.40. The highest BCUT2D eigenvalue weighted by molar-refractivity contribution is 7.08. The van der Waals surface area contributed by atoms with Gasteiger partial charge in [0.15, 0.2) is 6.10 Å². The minimum absolute atomic E-state index is 0.264. The molecule has 2 aromatic rings. The first kappa shape index (κ1) is 10.9. The van der Waals surface area contributed by atoms with Crippen LogP contribution in [0.3, 0.4) is 0 Å². The van der Waals surface area contributed by atoms with E-state index in [0.29, 0.717) is 0 Å². The number of hydrogen-bond acceptors (Lipinski definition) is 3. The number of benzene rings is 1. The van der Waals surface area contributed by atoms with Gasteiger partial charge in [0.05, 0.1) is 0 Å². The van der Waals surface area contributed by atoms with Crippen LogP contribution in [0.25, 0.3) is 0 Å². The monoisotopic (exact) mass is 232 g/mol. The number of thiophene rings is 1. The molecule has 0 bridgehead atoms. The van der Waals surface area contributed by atoms with Crippen molar-refractivity contribution in [1.82, 2.24) is 0 Å². The number of carbonyl (C=O) groups is 1. The second-order valence-electron chi connectivity index (χ2n) is 3.46. The summed E-state index contributed by atoms with van der Waals surface area (Å²) >= 11 is 1.60. The molecule has 1 aromatic heterocycles. The Bertz CT molecular complexity index is 448. The van der Waals surface area contributed by atoms with Gasteiger partial charge in [0, 0.05) is 12.5 Å². The Morgan fingerprint density at radius 1 is 1.19 bits per heavy atom. The van der Waals surface area contributed by atoms with E-state index in [-0.39, 0.29) is 12.1 Å². The third-order valence-electron chi connectivity index (χ3n) is 2.23. The molecule has 0 fully saturated rings. The van der Waals surface area contributed by atoms with Gasteiger partial charge in [-0.25, -0.2) is 0 Å². The molecule has 0 amide bonds. The smallest absolute Gasteiger partial charge is 0.303 e. The van der Waals surface area contributed by atoms with Crippen molar-refractivity contribution in [1.29, 1.82) is 0 Å². The lowest BCUT2D eigenvalue weighted by Crippen LogP contribution is -2.09. The van der Waals surface area contributed by atoms with Crippen LogP contribution in [0.4, 0.5) is 0 Å². The highest BCUT2D eigenvalue weighted by Gasteiger charge is 2.16. The lowest BCUT2D eigenvalue weighted by atomic mass is 10.0.